The fourth-order valence-electron chi connectivity index (χ4n) is 1.80. The zero-order valence-electron chi connectivity index (χ0n) is 11.1. The SMILES string of the molecule is CC(C)CN(C)CC(=O)Nc1cccc(C#N)c1. The van der Waals surface area contributed by atoms with E-state index in [4.69, 9.17) is 5.26 Å². The molecule has 1 N–H and O–H groups in total. The predicted octanol–water partition coefficient (Wildman–Crippen LogP) is 2.08. The number of benzene rings is 1. The molecule has 1 amide bonds. The van der Waals surface area contributed by atoms with Crippen molar-refractivity contribution in [2.75, 3.05) is 25.5 Å². The summed E-state index contributed by atoms with van der Waals surface area (Å²) in [5.74, 6) is 0.470. The van der Waals surface area contributed by atoms with Crippen LogP contribution in [0.15, 0.2) is 24.3 Å². The number of anilines is 1. The van der Waals surface area contributed by atoms with E-state index >= 15 is 0 Å². The van der Waals surface area contributed by atoms with Gasteiger partial charge in [0.25, 0.3) is 0 Å². The first-order valence-electron chi connectivity index (χ1n) is 6.00. The van der Waals surface area contributed by atoms with Crippen LogP contribution in [0.5, 0.6) is 0 Å². The van der Waals surface area contributed by atoms with Crippen LogP contribution in [0.25, 0.3) is 0 Å². The van der Waals surface area contributed by atoms with Crippen molar-refractivity contribution in [3.05, 3.63) is 29.8 Å². The van der Waals surface area contributed by atoms with E-state index in [9.17, 15) is 4.79 Å². The van der Waals surface area contributed by atoms with Crippen molar-refractivity contribution < 1.29 is 4.79 Å². The number of hydrogen-bond donors (Lipinski definition) is 1. The molecule has 0 bridgehead atoms. The van der Waals surface area contributed by atoms with Gasteiger partial charge in [-0.2, -0.15) is 5.26 Å². The quantitative estimate of drug-likeness (QED) is 0.864. The maximum absolute atomic E-state index is 11.8. The average molecular weight is 245 g/mol. The number of nitriles is 1. The minimum atomic E-state index is -0.0618. The standard InChI is InChI=1S/C14H19N3O/c1-11(2)9-17(3)10-14(18)16-13-6-4-5-12(7-13)8-15/h4-7,11H,9-10H2,1-3H3,(H,16,18). The highest BCUT2D eigenvalue weighted by molar-refractivity contribution is 5.92. The Morgan fingerprint density at radius 1 is 1.50 bits per heavy atom. The summed E-state index contributed by atoms with van der Waals surface area (Å²) in [7, 11) is 1.92. The minimum absolute atomic E-state index is 0.0618. The van der Waals surface area contributed by atoms with Crippen molar-refractivity contribution in [3.8, 4) is 6.07 Å². The molecule has 0 radical (unpaired) electrons. The maximum Gasteiger partial charge on any atom is 0.238 e. The van der Waals surface area contributed by atoms with Crippen LogP contribution in [0.3, 0.4) is 0 Å². The number of carbonyl (C=O) groups excluding carboxylic acids is 1. The van der Waals surface area contributed by atoms with Gasteiger partial charge in [-0.05, 0) is 31.2 Å². The molecule has 1 rings (SSSR count). The third-order valence-electron chi connectivity index (χ3n) is 2.37. The zero-order valence-corrected chi connectivity index (χ0v) is 11.1. The number of nitrogens with one attached hydrogen (secondary N) is 1. The van der Waals surface area contributed by atoms with E-state index < -0.39 is 0 Å². The highest BCUT2D eigenvalue weighted by Crippen LogP contribution is 2.09. The lowest BCUT2D eigenvalue weighted by Gasteiger charge is -2.18. The van der Waals surface area contributed by atoms with Gasteiger partial charge in [0.05, 0.1) is 18.2 Å². The summed E-state index contributed by atoms with van der Waals surface area (Å²) < 4.78 is 0. The van der Waals surface area contributed by atoms with Crippen LogP contribution in [-0.4, -0.2) is 30.9 Å². The Bertz CT molecular complexity index is 449. The molecule has 0 saturated heterocycles. The van der Waals surface area contributed by atoms with Gasteiger partial charge in [-0.1, -0.05) is 19.9 Å². The first-order valence-corrected chi connectivity index (χ1v) is 6.00. The van der Waals surface area contributed by atoms with Gasteiger partial charge in [0, 0.05) is 12.2 Å². The maximum atomic E-state index is 11.8. The summed E-state index contributed by atoms with van der Waals surface area (Å²) in [6.45, 7) is 5.47. The van der Waals surface area contributed by atoms with Crippen molar-refractivity contribution in [1.82, 2.24) is 4.90 Å². The monoisotopic (exact) mass is 245 g/mol. The third-order valence-corrected chi connectivity index (χ3v) is 2.37. The van der Waals surface area contributed by atoms with Gasteiger partial charge in [0.15, 0.2) is 0 Å². The van der Waals surface area contributed by atoms with Crippen LogP contribution in [0.2, 0.25) is 0 Å². The number of hydrogen-bond acceptors (Lipinski definition) is 3. The number of nitrogens with zero attached hydrogens (tertiary/aromatic N) is 2. The number of likely N-dealkylation sites (N-methyl/N-ethyl adjacent to an activating group) is 1. The van der Waals surface area contributed by atoms with E-state index in [1.165, 1.54) is 0 Å². The Kier molecular flexibility index (Phi) is 5.34. The van der Waals surface area contributed by atoms with E-state index in [0.29, 0.717) is 23.7 Å². The summed E-state index contributed by atoms with van der Waals surface area (Å²) in [5.41, 5.74) is 1.21. The Labute approximate surface area is 108 Å². The smallest absolute Gasteiger partial charge is 0.238 e. The molecule has 0 unspecified atom stereocenters. The van der Waals surface area contributed by atoms with E-state index in [1.807, 2.05) is 18.0 Å². The van der Waals surface area contributed by atoms with Crippen LogP contribution < -0.4 is 5.32 Å². The molecule has 0 aliphatic heterocycles. The number of carbonyl (C=O) groups is 1. The Hall–Kier alpha value is -1.86. The van der Waals surface area contributed by atoms with E-state index in [-0.39, 0.29) is 5.91 Å². The van der Waals surface area contributed by atoms with Gasteiger partial charge in [-0.25, -0.2) is 0 Å². The lowest BCUT2D eigenvalue weighted by Crippen LogP contribution is -2.32. The second kappa shape index (κ2) is 6.77. The first kappa shape index (κ1) is 14.2. The summed E-state index contributed by atoms with van der Waals surface area (Å²) in [6, 6.07) is 8.96. The van der Waals surface area contributed by atoms with E-state index in [0.717, 1.165) is 6.54 Å². The average Bonchev–Trinajstić information content (AvgIpc) is 2.27. The van der Waals surface area contributed by atoms with E-state index in [1.54, 1.807) is 24.3 Å². The van der Waals surface area contributed by atoms with Gasteiger partial charge < -0.3 is 5.32 Å². The van der Waals surface area contributed by atoms with Crippen molar-refractivity contribution in [2.24, 2.45) is 5.92 Å². The molecule has 0 aliphatic rings. The molecule has 0 saturated carbocycles. The second-order valence-electron chi connectivity index (χ2n) is 4.83. The van der Waals surface area contributed by atoms with Crippen LogP contribution in [0, 0.1) is 17.2 Å². The Morgan fingerprint density at radius 3 is 2.83 bits per heavy atom. The molecule has 0 aliphatic carbocycles. The summed E-state index contributed by atoms with van der Waals surface area (Å²) in [5, 5.41) is 11.6. The van der Waals surface area contributed by atoms with Gasteiger partial charge in [0.2, 0.25) is 5.91 Å². The highest BCUT2D eigenvalue weighted by Gasteiger charge is 2.08. The van der Waals surface area contributed by atoms with Gasteiger partial charge in [-0.15, -0.1) is 0 Å². The molecular formula is C14H19N3O. The van der Waals surface area contributed by atoms with Crippen molar-refractivity contribution in [2.45, 2.75) is 13.8 Å². The lowest BCUT2D eigenvalue weighted by molar-refractivity contribution is -0.117. The van der Waals surface area contributed by atoms with Crippen LogP contribution in [0.4, 0.5) is 5.69 Å². The largest absolute Gasteiger partial charge is 0.325 e. The number of rotatable bonds is 5. The van der Waals surface area contributed by atoms with Crippen molar-refractivity contribution in [1.29, 1.82) is 5.26 Å². The van der Waals surface area contributed by atoms with Gasteiger partial charge in [0.1, 0.15) is 0 Å². The fourth-order valence-corrected chi connectivity index (χ4v) is 1.80. The predicted molar refractivity (Wildman–Crippen MR) is 72.1 cm³/mol. The van der Waals surface area contributed by atoms with Gasteiger partial charge >= 0.3 is 0 Å². The van der Waals surface area contributed by atoms with Gasteiger partial charge in [-0.3, -0.25) is 9.69 Å². The topological polar surface area (TPSA) is 56.1 Å². The third kappa shape index (κ3) is 4.98. The van der Waals surface area contributed by atoms with Crippen LogP contribution in [0.1, 0.15) is 19.4 Å². The molecule has 0 heterocycles. The molecule has 0 atom stereocenters. The number of amides is 1. The first-order chi connectivity index (χ1) is 8.51. The molecule has 4 nitrogen and oxygen atoms in total. The minimum Gasteiger partial charge on any atom is -0.325 e. The molecule has 0 fully saturated rings. The second-order valence-corrected chi connectivity index (χ2v) is 4.83. The molecule has 1 aromatic rings. The zero-order chi connectivity index (χ0) is 13.5. The summed E-state index contributed by atoms with van der Waals surface area (Å²) in [6.07, 6.45) is 0. The Balaban J connectivity index is 2.52. The Morgan fingerprint density at radius 2 is 2.22 bits per heavy atom. The molecule has 18 heavy (non-hydrogen) atoms. The molecule has 0 aromatic heterocycles. The summed E-state index contributed by atoms with van der Waals surface area (Å²) >= 11 is 0. The van der Waals surface area contributed by atoms with Crippen LogP contribution >= 0.6 is 0 Å². The molecule has 96 valence electrons. The molecular weight excluding hydrogens is 226 g/mol. The molecule has 4 heteroatoms. The summed E-state index contributed by atoms with van der Waals surface area (Å²) in [4.78, 5) is 13.7. The van der Waals surface area contributed by atoms with Crippen molar-refractivity contribution in [3.63, 3.8) is 0 Å². The van der Waals surface area contributed by atoms with E-state index in [2.05, 4.69) is 19.2 Å². The van der Waals surface area contributed by atoms with Crippen LogP contribution in [-0.2, 0) is 4.79 Å². The fraction of sp³-hybridized carbons (Fsp3) is 0.429. The lowest BCUT2D eigenvalue weighted by atomic mass is 10.2. The molecule has 0 spiro atoms. The highest BCUT2D eigenvalue weighted by atomic mass is 16.2. The van der Waals surface area contributed by atoms with Crippen molar-refractivity contribution >= 4 is 11.6 Å². The normalized spacial score (nSPS) is 10.4. The molecule has 1 aromatic carbocycles.